The Morgan fingerprint density at radius 2 is 1.90 bits per heavy atom. The highest BCUT2D eigenvalue weighted by atomic mass is 32.1. The highest BCUT2D eigenvalue weighted by Gasteiger charge is 2.32. The Labute approximate surface area is 129 Å². The van der Waals surface area contributed by atoms with Crippen LogP contribution in [0, 0.1) is 11.8 Å². The average molecular weight is 309 g/mol. The van der Waals surface area contributed by atoms with E-state index in [2.05, 4.69) is 6.07 Å². The smallest absolute Gasteiger partial charge is 0.306 e. The number of carboxylic acid groups (broad SMARTS) is 1. The molecule has 0 spiro atoms. The summed E-state index contributed by atoms with van der Waals surface area (Å²) in [6, 6.07) is 4.21. The highest BCUT2D eigenvalue weighted by Crippen LogP contribution is 2.31. The fourth-order valence-electron chi connectivity index (χ4n) is 2.91. The fraction of sp³-hybridized carbons (Fsp3) is 0.625. The first kappa shape index (κ1) is 16.0. The van der Waals surface area contributed by atoms with E-state index in [-0.39, 0.29) is 23.8 Å². The van der Waals surface area contributed by atoms with E-state index in [9.17, 15) is 9.59 Å². The number of hydrogen-bond acceptors (Lipinski definition) is 3. The molecule has 0 unspecified atom stereocenters. The molecule has 1 aromatic heterocycles. The van der Waals surface area contributed by atoms with Crippen LogP contribution in [0.25, 0.3) is 0 Å². The topological polar surface area (TPSA) is 57.6 Å². The van der Waals surface area contributed by atoms with Gasteiger partial charge >= 0.3 is 5.97 Å². The number of thiophene rings is 1. The predicted octanol–water partition coefficient (Wildman–Crippen LogP) is 3.38. The molecule has 0 aliphatic heterocycles. The number of nitrogens with zero attached hydrogens (tertiary/aromatic N) is 1. The molecule has 5 heteroatoms. The summed E-state index contributed by atoms with van der Waals surface area (Å²) < 4.78 is 0. The van der Waals surface area contributed by atoms with Crippen molar-refractivity contribution in [1.29, 1.82) is 0 Å². The lowest BCUT2D eigenvalue weighted by molar-refractivity contribution is -0.146. The lowest BCUT2D eigenvalue weighted by atomic mass is 9.81. The van der Waals surface area contributed by atoms with Gasteiger partial charge in [0.2, 0.25) is 5.91 Å². The number of carboxylic acids is 1. The van der Waals surface area contributed by atoms with Gasteiger partial charge in [-0.2, -0.15) is 0 Å². The first-order chi connectivity index (χ1) is 9.99. The third-order valence-corrected chi connectivity index (χ3v) is 5.10. The quantitative estimate of drug-likeness (QED) is 0.907. The minimum absolute atomic E-state index is 0.0111. The van der Waals surface area contributed by atoms with Gasteiger partial charge in [0.1, 0.15) is 0 Å². The van der Waals surface area contributed by atoms with Crippen LogP contribution in [0.1, 0.15) is 44.4 Å². The van der Waals surface area contributed by atoms with Crippen LogP contribution in [-0.2, 0) is 16.1 Å². The van der Waals surface area contributed by atoms with Gasteiger partial charge in [0.05, 0.1) is 12.5 Å². The molecule has 0 bridgehead atoms. The van der Waals surface area contributed by atoms with Crippen molar-refractivity contribution < 1.29 is 14.7 Å². The average Bonchev–Trinajstić information content (AvgIpc) is 2.97. The Morgan fingerprint density at radius 1 is 1.29 bits per heavy atom. The van der Waals surface area contributed by atoms with E-state index in [0.29, 0.717) is 32.2 Å². The fourth-order valence-corrected chi connectivity index (χ4v) is 3.61. The minimum Gasteiger partial charge on any atom is -0.481 e. The first-order valence-corrected chi connectivity index (χ1v) is 8.42. The zero-order chi connectivity index (χ0) is 15.4. The summed E-state index contributed by atoms with van der Waals surface area (Å²) in [7, 11) is 0. The second-order valence-corrected chi connectivity index (χ2v) is 7.06. The van der Waals surface area contributed by atoms with Gasteiger partial charge in [0.25, 0.3) is 0 Å². The Hall–Kier alpha value is -1.36. The maximum atomic E-state index is 12.7. The molecule has 1 aliphatic carbocycles. The summed E-state index contributed by atoms with van der Waals surface area (Å²) in [5.74, 6) is -0.816. The minimum atomic E-state index is -0.722. The number of amides is 1. The third kappa shape index (κ3) is 4.06. The molecule has 0 aromatic carbocycles. The highest BCUT2D eigenvalue weighted by molar-refractivity contribution is 7.09. The molecule has 1 saturated carbocycles. The van der Waals surface area contributed by atoms with Gasteiger partial charge in [-0.3, -0.25) is 9.59 Å². The molecule has 1 amide bonds. The van der Waals surface area contributed by atoms with E-state index >= 15 is 0 Å². The number of rotatable bonds is 5. The predicted molar refractivity (Wildman–Crippen MR) is 83.1 cm³/mol. The summed E-state index contributed by atoms with van der Waals surface area (Å²) in [6.45, 7) is 4.73. The van der Waals surface area contributed by atoms with Crippen molar-refractivity contribution in [1.82, 2.24) is 4.90 Å². The van der Waals surface area contributed by atoms with Gasteiger partial charge in [-0.15, -0.1) is 11.3 Å². The monoisotopic (exact) mass is 309 g/mol. The molecule has 1 fully saturated rings. The van der Waals surface area contributed by atoms with Gasteiger partial charge in [-0.1, -0.05) is 6.07 Å². The second kappa shape index (κ2) is 7.07. The number of hydrogen-bond donors (Lipinski definition) is 1. The normalized spacial score (nSPS) is 22.2. The van der Waals surface area contributed by atoms with Crippen molar-refractivity contribution in [2.45, 2.75) is 52.1 Å². The van der Waals surface area contributed by atoms with Gasteiger partial charge in [0, 0.05) is 16.8 Å². The SMILES string of the molecule is CC(C)N(Cc1cccs1)C(=O)C1CCC(C(=O)O)CC1. The Morgan fingerprint density at radius 3 is 2.38 bits per heavy atom. The van der Waals surface area contributed by atoms with Gasteiger partial charge in [-0.05, 0) is 51.0 Å². The summed E-state index contributed by atoms with van der Waals surface area (Å²) in [4.78, 5) is 26.8. The Bertz CT molecular complexity index is 476. The van der Waals surface area contributed by atoms with E-state index in [4.69, 9.17) is 5.11 Å². The zero-order valence-corrected chi connectivity index (χ0v) is 13.4. The molecule has 2 rings (SSSR count). The third-order valence-electron chi connectivity index (χ3n) is 4.24. The van der Waals surface area contributed by atoms with Crippen molar-refractivity contribution in [3.63, 3.8) is 0 Å². The summed E-state index contributed by atoms with van der Waals surface area (Å²) >= 11 is 1.67. The molecular formula is C16H23NO3S. The lowest BCUT2D eigenvalue weighted by Crippen LogP contribution is -2.41. The molecule has 116 valence electrons. The van der Waals surface area contributed by atoms with Crippen LogP contribution in [0.15, 0.2) is 17.5 Å². The molecule has 0 atom stereocenters. The molecule has 4 nitrogen and oxygen atoms in total. The summed E-state index contributed by atoms with van der Waals surface area (Å²) in [5, 5.41) is 11.1. The lowest BCUT2D eigenvalue weighted by Gasteiger charge is -2.33. The van der Waals surface area contributed by atoms with Crippen LogP contribution < -0.4 is 0 Å². The number of aliphatic carboxylic acids is 1. The van der Waals surface area contributed by atoms with E-state index in [1.807, 2.05) is 30.2 Å². The van der Waals surface area contributed by atoms with E-state index in [1.165, 1.54) is 4.88 Å². The van der Waals surface area contributed by atoms with Crippen molar-refractivity contribution in [2.24, 2.45) is 11.8 Å². The number of carbonyl (C=O) groups excluding carboxylic acids is 1. The standard InChI is InChI=1S/C16H23NO3S/c1-11(2)17(10-14-4-3-9-21-14)15(18)12-5-7-13(8-6-12)16(19)20/h3-4,9,11-13H,5-8,10H2,1-2H3,(H,19,20). The van der Waals surface area contributed by atoms with E-state index < -0.39 is 5.97 Å². The Kier molecular flexibility index (Phi) is 5.39. The van der Waals surface area contributed by atoms with Crippen molar-refractivity contribution in [2.75, 3.05) is 0 Å². The molecule has 1 aromatic rings. The van der Waals surface area contributed by atoms with E-state index in [0.717, 1.165) is 0 Å². The number of carbonyl (C=O) groups is 2. The van der Waals surface area contributed by atoms with Crippen LogP contribution in [0.5, 0.6) is 0 Å². The molecule has 0 saturated heterocycles. The van der Waals surface area contributed by atoms with Gasteiger partial charge in [0.15, 0.2) is 0 Å². The van der Waals surface area contributed by atoms with Gasteiger partial charge < -0.3 is 10.0 Å². The van der Waals surface area contributed by atoms with Gasteiger partial charge in [-0.25, -0.2) is 0 Å². The zero-order valence-electron chi connectivity index (χ0n) is 12.6. The molecule has 21 heavy (non-hydrogen) atoms. The van der Waals surface area contributed by atoms with Crippen molar-refractivity contribution in [3.8, 4) is 0 Å². The maximum Gasteiger partial charge on any atom is 0.306 e. The first-order valence-electron chi connectivity index (χ1n) is 7.54. The molecular weight excluding hydrogens is 286 g/mol. The summed E-state index contributed by atoms with van der Waals surface area (Å²) in [6.07, 6.45) is 2.64. The molecule has 1 aliphatic rings. The van der Waals surface area contributed by atoms with Crippen LogP contribution in [-0.4, -0.2) is 27.9 Å². The van der Waals surface area contributed by atoms with Crippen molar-refractivity contribution >= 4 is 23.2 Å². The van der Waals surface area contributed by atoms with Crippen LogP contribution in [0.3, 0.4) is 0 Å². The molecule has 1 heterocycles. The van der Waals surface area contributed by atoms with Crippen LogP contribution >= 0.6 is 11.3 Å². The summed E-state index contributed by atoms with van der Waals surface area (Å²) in [5.41, 5.74) is 0. The second-order valence-electron chi connectivity index (χ2n) is 6.03. The van der Waals surface area contributed by atoms with Crippen LogP contribution in [0.2, 0.25) is 0 Å². The molecule has 1 N–H and O–H groups in total. The van der Waals surface area contributed by atoms with Crippen molar-refractivity contribution in [3.05, 3.63) is 22.4 Å². The molecule has 0 radical (unpaired) electrons. The van der Waals surface area contributed by atoms with E-state index in [1.54, 1.807) is 11.3 Å². The maximum absolute atomic E-state index is 12.7. The Balaban J connectivity index is 1.97. The largest absolute Gasteiger partial charge is 0.481 e. The van der Waals surface area contributed by atoms with Crippen LogP contribution in [0.4, 0.5) is 0 Å².